The highest BCUT2D eigenvalue weighted by Gasteiger charge is 2.43. The average molecular weight is 350 g/mol. The third kappa shape index (κ3) is 4.09. The van der Waals surface area contributed by atoms with Crippen LogP contribution >= 0.6 is 0 Å². The van der Waals surface area contributed by atoms with Crippen LogP contribution in [-0.4, -0.2) is 25.4 Å². The summed E-state index contributed by atoms with van der Waals surface area (Å²) in [5.41, 5.74) is 1.01. The van der Waals surface area contributed by atoms with Crippen molar-refractivity contribution in [1.29, 1.82) is 0 Å². The summed E-state index contributed by atoms with van der Waals surface area (Å²) < 4.78 is 40.1. The highest BCUT2D eigenvalue weighted by Crippen LogP contribution is 2.42. The van der Waals surface area contributed by atoms with E-state index in [1.807, 2.05) is 6.92 Å². The quantitative estimate of drug-likeness (QED) is 0.835. The third-order valence-electron chi connectivity index (χ3n) is 3.32. The number of benzene rings is 2. The molecule has 2 aromatic rings. The summed E-state index contributed by atoms with van der Waals surface area (Å²) in [6, 6.07) is 11.3. The van der Waals surface area contributed by atoms with Gasteiger partial charge in [-0.15, -0.1) is 8.78 Å². The minimum Gasteiger partial charge on any atom is -0.492 e. The molecule has 132 valence electrons. The van der Waals surface area contributed by atoms with Crippen molar-refractivity contribution in [3.05, 3.63) is 42.5 Å². The van der Waals surface area contributed by atoms with E-state index in [1.165, 1.54) is 18.2 Å². The largest absolute Gasteiger partial charge is 0.586 e. The second-order valence-corrected chi connectivity index (χ2v) is 5.16. The average Bonchev–Trinajstić information content (AvgIpc) is 2.88. The van der Waals surface area contributed by atoms with Crippen LogP contribution < -0.4 is 24.8 Å². The maximum absolute atomic E-state index is 13.0. The molecule has 0 saturated heterocycles. The third-order valence-corrected chi connectivity index (χ3v) is 3.32. The SMILES string of the molecule is CCOc1ccccc1NC(=O)CNc1ccc2c(c1)OC(F)(F)O2. The van der Waals surface area contributed by atoms with Gasteiger partial charge in [0.15, 0.2) is 11.5 Å². The molecule has 1 amide bonds. The predicted molar refractivity (Wildman–Crippen MR) is 87.4 cm³/mol. The lowest BCUT2D eigenvalue weighted by molar-refractivity contribution is -0.286. The molecular weight excluding hydrogens is 334 g/mol. The van der Waals surface area contributed by atoms with Crippen LogP contribution in [0.4, 0.5) is 20.2 Å². The molecule has 6 nitrogen and oxygen atoms in total. The number of ether oxygens (including phenoxy) is 3. The molecule has 0 fully saturated rings. The van der Waals surface area contributed by atoms with Crippen molar-refractivity contribution >= 4 is 17.3 Å². The lowest BCUT2D eigenvalue weighted by atomic mass is 10.2. The van der Waals surface area contributed by atoms with E-state index in [2.05, 4.69) is 20.1 Å². The van der Waals surface area contributed by atoms with Crippen molar-refractivity contribution in [1.82, 2.24) is 0 Å². The Hall–Kier alpha value is -3.03. The van der Waals surface area contributed by atoms with Crippen LogP contribution in [0.15, 0.2) is 42.5 Å². The molecule has 25 heavy (non-hydrogen) atoms. The van der Waals surface area contributed by atoms with Gasteiger partial charge in [-0.25, -0.2) is 0 Å². The second-order valence-electron chi connectivity index (χ2n) is 5.16. The molecule has 1 aliphatic heterocycles. The first kappa shape index (κ1) is 16.8. The van der Waals surface area contributed by atoms with Crippen LogP contribution in [-0.2, 0) is 4.79 Å². The van der Waals surface area contributed by atoms with E-state index in [-0.39, 0.29) is 24.0 Å². The normalized spacial score (nSPS) is 14.0. The predicted octanol–water partition coefficient (Wildman–Crippen LogP) is 3.46. The summed E-state index contributed by atoms with van der Waals surface area (Å²) >= 11 is 0. The minimum absolute atomic E-state index is 0.0503. The van der Waals surface area contributed by atoms with E-state index in [0.29, 0.717) is 23.7 Å². The second kappa shape index (κ2) is 6.84. The van der Waals surface area contributed by atoms with E-state index in [1.54, 1.807) is 24.3 Å². The molecule has 0 spiro atoms. The van der Waals surface area contributed by atoms with Gasteiger partial charge in [-0.3, -0.25) is 4.79 Å². The monoisotopic (exact) mass is 350 g/mol. The van der Waals surface area contributed by atoms with Crippen LogP contribution in [0.2, 0.25) is 0 Å². The maximum Gasteiger partial charge on any atom is 0.586 e. The molecule has 0 radical (unpaired) electrons. The van der Waals surface area contributed by atoms with Crippen LogP contribution in [0.5, 0.6) is 17.2 Å². The number of para-hydroxylation sites is 2. The Balaban J connectivity index is 1.59. The number of hydrogen-bond acceptors (Lipinski definition) is 5. The van der Waals surface area contributed by atoms with Crippen LogP contribution in [0.3, 0.4) is 0 Å². The number of rotatable bonds is 6. The molecule has 0 unspecified atom stereocenters. The number of fused-ring (bicyclic) bond motifs is 1. The summed E-state index contributed by atoms with van der Waals surface area (Å²) in [6.07, 6.45) is -3.67. The number of alkyl halides is 2. The Morgan fingerprint density at radius 1 is 1.16 bits per heavy atom. The number of carbonyl (C=O) groups excluding carboxylic acids is 1. The van der Waals surface area contributed by atoms with Gasteiger partial charge in [0.2, 0.25) is 5.91 Å². The van der Waals surface area contributed by atoms with Gasteiger partial charge >= 0.3 is 6.29 Å². The zero-order valence-corrected chi connectivity index (χ0v) is 13.3. The summed E-state index contributed by atoms with van der Waals surface area (Å²) in [5.74, 6) is 0.126. The first-order chi connectivity index (χ1) is 12.0. The molecule has 2 N–H and O–H groups in total. The van der Waals surface area contributed by atoms with Crippen LogP contribution in [0.1, 0.15) is 6.92 Å². The number of anilines is 2. The Morgan fingerprint density at radius 3 is 2.72 bits per heavy atom. The standard InChI is InChI=1S/C17H16F2N2O4/c1-2-23-13-6-4-3-5-12(13)21-16(22)10-20-11-7-8-14-15(9-11)25-17(18,19)24-14/h3-9,20H,2,10H2,1H3,(H,21,22). The summed E-state index contributed by atoms with van der Waals surface area (Å²) in [5, 5.41) is 5.57. The van der Waals surface area contributed by atoms with Gasteiger partial charge in [-0.2, -0.15) is 0 Å². The number of halogens is 2. The molecule has 0 bridgehead atoms. The van der Waals surface area contributed by atoms with E-state index >= 15 is 0 Å². The highest BCUT2D eigenvalue weighted by molar-refractivity contribution is 5.95. The van der Waals surface area contributed by atoms with Crippen molar-refractivity contribution in [2.75, 3.05) is 23.8 Å². The molecule has 0 saturated carbocycles. The van der Waals surface area contributed by atoms with Gasteiger partial charge in [0, 0.05) is 11.8 Å². The summed E-state index contributed by atoms with van der Waals surface area (Å²) in [6.45, 7) is 2.27. The summed E-state index contributed by atoms with van der Waals surface area (Å²) in [7, 11) is 0. The smallest absolute Gasteiger partial charge is 0.492 e. The van der Waals surface area contributed by atoms with Crippen LogP contribution in [0, 0.1) is 0 Å². The number of amides is 1. The Labute approximate surface area is 142 Å². The maximum atomic E-state index is 13.0. The van der Waals surface area contributed by atoms with Crippen molar-refractivity contribution in [2.24, 2.45) is 0 Å². The van der Waals surface area contributed by atoms with Crippen molar-refractivity contribution in [3.63, 3.8) is 0 Å². The number of carbonyl (C=O) groups is 1. The molecule has 1 heterocycles. The lowest BCUT2D eigenvalue weighted by Gasteiger charge is -2.12. The zero-order chi connectivity index (χ0) is 17.9. The highest BCUT2D eigenvalue weighted by atomic mass is 19.3. The molecule has 0 aliphatic carbocycles. The molecular formula is C17H16F2N2O4. The molecule has 2 aromatic carbocycles. The molecule has 3 rings (SSSR count). The van der Waals surface area contributed by atoms with Gasteiger partial charge in [-0.1, -0.05) is 12.1 Å². The number of hydrogen-bond donors (Lipinski definition) is 2. The molecule has 0 atom stereocenters. The van der Waals surface area contributed by atoms with Crippen LogP contribution in [0.25, 0.3) is 0 Å². The fourth-order valence-corrected chi connectivity index (χ4v) is 2.29. The van der Waals surface area contributed by atoms with Gasteiger partial charge in [0.25, 0.3) is 0 Å². The van der Waals surface area contributed by atoms with E-state index in [4.69, 9.17) is 4.74 Å². The van der Waals surface area contributed by atoms with E-state index < -0.39 is 6.29 Å². The van der Waals surface area contributed by atoms with Crippen molar-refractivity contribution < 1.29 is 27.8 Å². The molecule has 1 aliphatic rings. The fourth-order valence-electron chi connectivity index (χ4n) is 2.29. The molecule has 8 heteroatoms. The van der Waals surface area contributed by atoms with Gasteiger partial charge in [-0.05, 0) is 31.2 Å². The van der Waals surface area contributed by atoms with E-state index in [0.717, 1.165) is 0 Å². The Kier molecular flexibility index (Phi) is 4.60. The number of nitrogens with one attached hydrogen (secondary N) is 2. The summed E-state index contributed by atoms with van der Waals surface area (Å²) in [4.78, 5) is 12.1. The van der Waals surface area contributed by atoms with Gasteiger partial charge in [0.1, 0.15) is 5.75 Å². The topological polar surface area (TPSA) is 68.8 Å². The first-order valence-corrected chi connectivity index (χ1v) is 7.62. The molecule has 0 aromatic heterocycles. The van der Waals surface area contributed by atoms with Crippen molar-refractivity contribution in [3.8, 4) is 17.2 Å². The minimum atomic E-state index is -3.67. The first-order valence-electron chi connectivity index (χ1n) is 7.62. The Morgan fingerprint density at radius 2 is 1.92 bits per heavy atom. The lowest BCUT2D eigenvalue weighted by Crippen LogP contribution is -2.25. The Bertz CT molecular complexity index is 783. The van der Waals surface area contributed by atoms with Crippen molar-refractivity contribution in [2.45, 2.75) is 13.2 Å². The zero-order valence-electron chi connectivity index (χ0n) is 13.3. The van der Waals surface area contributed by atoms with Gasteiger partial charge in [0.05, 0.1) is 18.8 Å². The van der Waals surface area contributed by atoms with E-state index in [9.17, 15) is 13.6 Å². The fraction of sp³-hybridized carbons (Fsp3) is 0.235. The van der Waals surface area contributed by atoms with Gasteiger partial charge < -0.3 is 24.8 Å².